The minimum absolute atomic E-state index is 0.0849. The third-order valence-electron chi connectivity index (χ3n) is 5.46. The monoisotopic (exact) mass is 526 g/mol. The summed E-state index contributed by atoms with van der Waals surface area (Å²) < 4.78 is 69.3. The molecular formula is C26H21F3N4O3S. The number of nitrogens with one attached hydrogen (secondary N) is 2. The van der Waals surface area contributed by atoms with Gasteiger partial charge in [0.25, 0.3) is 10.0 Å². The zero-order valence-electron chi connectivity index (χ0n) is 19.5. The topological polar surface area (TPSA) is 101 Å². The first-order valence-corrected chi connectivity index (χ1v) is 12.5. The molecule has 2 heterocycles. The Labute approximate surface area is 211 Å². The van der Waals surface area contributed by atoms with Gasteiger partial charge in [-0.3, -0.25) is 9.97 Å². The number of carbonyl (C=O) groups is 1. The number of rotatable bonds is 7. The van der Waals surface area contributed by atoms with Crippen molar-refractivity contribution in [3.8, 4) is 11.1 Å². The van der Waals surface area contributed by atoms with Gasteiger partial charge in [-0.1, -0.05) is 24.3 Å². The summed E-state index contributed by atoms with van der Waals surface area (Å²) in [6.45, 7) is 1.58. The van der Waals surface area contributed by atoms with Crippen molar-refractivity contribution in [3.05, 3.63) is 114 Å². The number of halogens is 3. The molecule has 4 aromatic rings. The maximum atomic E-state index is 13.9. The Morgan fingerprint density at radius 2 is 1.68 bits per heavy atom. The van der Waals surface area contributed by atoms with E-state index in [9.17, 15) is 26.4 Å². The number of pyridine rings is 2. The van der Waals surface area contributed by atoms with E-state index < -0.39 is 39.5 Å². The van der Waals surface area contributed by atoms with Crippen LogP contribution < -0.4 is 10.0 Å². The predicted octanol–water partition coefficient (Wildman–Crippen LogP) is 4.84. The average Bonchev–Trinajstić information content (AvgIpc) is 2.83. The summed E-state index contributed by atoms with van der Waals surface area (Å²) in [6.07, 6.45) is 3.69. The lowest BCUT2D eigenvalue weighted by Gasteiger charge is -2.22. The second-order valence-corrected chi connectivity index (χ2v) is 9.86. The highest BCUT2D eigenvalue weighted by atomic mass is 32.2. The fourth-order valence-corrected chi connectivity index (χ4v) is 5.06. The molecule has 2 amide bonds. The second-order valence-electron chi connectivity index (χ2n) is 8.21. The molecule has 2 aromatic heterocycles. The zero-order valence-corrected chi connectivity index (χ0v) is 20.3. The van der Waals surface area contributed by atoms with Crippen LogP contribution in [0.1, 0.15) is 22.9 Å². The minimum Gasteiger partial charge on any atom is -0.329 e. The SMILES string of the molecule is Cc1ccccc1S(=O)(=O)NC(=O)NC(Cc1cc(F)cc(F)c1)c1ncccc1-c1cncc(F)c1. The van der Waals surface area contributed by atoms with Crippen LogP contribution in [0.25, 0.3) is 11.1 Å². The standard InChI is InChI=1S/C26H21F3N4O3S/c1-16-5-2-3-7-24(16)37(35,36)33-26(34)32-23(11-17-9-19(27)13-20(28)10-17)25-22(6-4-8-31-25)18-12-21(29)15-30-14-18/h2-10,12-15,23H,11H2,1H3,(H2,32,33,34). The van der Waals surface area contributed by atoms with E-state index in [-0.39, 0.29) is 22.6 Å². The van der Waals surface area contributed by atoms with Crippen LogP contribution in [0, 0.1) is 24.4 Å². The molecule has 0 bridgehead atoms. The Morgan fingerprint density at radius 3 is 2.38 bits per heavy atom. The Kier molecular flexibility index (Phi) is 7.53. The minimum atomic E-state index is -4.23. The summed E-state index contributed by atoms with van der Waals surface area (Å²) in [7, 11) is -4.23. The van der Waals surface area contributed by atoms with Gasteiger partial charge >= 0.3 is 6.03 Å². The van der Waals surface area contributed by atoms with Crippen LogP contribution >= 0.6 is 0 Å². The molecule has 1 atom stereocenters. The van der Waals surface area contributed by atoms with Crippen molar-refractivity contribution in [3.63, 3.8) is 0 Å². The smallest absolute Gasteiger partial charge is 0.329 e. The van der Waals surface area contributed by atoms with E-state index in [0.29, 0.717) is 22.8 Å². The van der Waals surface area contributed by atoms with E-state index in [1.165, 1.54) is 30.6 Å². The van der Waals surface area contributed by atoms with Gasteiger partial charge in [-0.2, -0.15) is 0 Å². The summed E-state index contributed by atoms with van der Waals surface area (Å²) in [4.78, 5) is 21.0. The van der Waals surface area contributed by atoms with E-state index in [0.717, 1.165) is 18.3 Å². The van der Waals surface area contributed by atoms with Gasteiger partial charge < -0.3 is 5.32 Å². The zero-order chi connectivity index (χ0) is 26.6. The fourth-order valence-electron chi connectivity index (χ4n) is 3.90. The number of carbonyl (C=O) groups excluding carboxylic acids is 1. The van der Waals surface area contributed by atoms with Crippen molar-refractivity contribution < 1.29 is 26.4 Å². The Bertz CT molecular complexity index is 1540. The van der Waals surface area contributed by atoms with Gasteiger partial charge in [0, 0.05) is 29.6 Å². The maximum absolute atomic E-state index is 13.9. The van der Waals surface area contributed by atoms with Crippen LogP contribution in [-0.2, 0) is 16.4 Å². The Hall–Kier alpha value is -4.25. The number of nitrogens with zero attached hydrogens (tertiary/aromatic N) is 2. The van der Waals surface area contributed by atoms with Gasteiger partial charge in [-0.15, -0.1) is 0 Å². The molecule has 0 saturated carbocycles. The van der Waals surface area contributed by atoms with Gasteiger partial charge in [-0.05, 0) is 54.8 Å². The fraction of sp³-hybridized carbons (Fsp3) is 0.115. The molecule has 37 heavy (non-hydrogen) atoms. The largest absolute Gasteiger partial charge is 0.329 e. The van der Waals surface area contributed by atoms with Crippen molar-refractivity contribution in [1.82, 2.24) is 20.0 Å². The van der Waals surface area contributed by atoms with E-state index in [2.05, 4.69) is 15.3 Å². The first kappa shape index (κ1) is 25.8. The van der Waals surface area contributed by atoms with Crippen LogP contribution in [0.3, 0.4) is 0 Å². The Morgan fingerprint density at radius 1 is 0.946 bits per heavy atom. The van der Waals surface area contributed by atoms with Crippen LogP contribution in [-0.4, -0.2) is 24.4 Å². The molecule has 4 rings (SSSR count). The summed E-state index contributed by atoms with van der Waals surface area (Å²) in [5.74, 6) is -2.25. The van der Waals surface area contributed by atoms with Gasteiger partial charge in [0.15, 0.2) is 0 Å². The molecule has 0 aliphatic rings. The molecule has 2 aromatic carbocycles. The maximum Gasteiger partial charge on any atom is 0.329 e. The van der Waals surface area contributed by atoms with Crippen LogP contribution in [0.15, 0.2) is 84.1 Å². The number of sulfonamides is 1. The predicted molar refractivity (Wildman–Crippen MR) is 130 cm³/mol. The molecule has 7 nitrogen and oxygen atoms in total. The summed E-state index contributed by atoms with van der Waals surface area (Å²) in [5.41, 5.74) is 1.55. The first-order chi connectivity index (χ1) is 17.6. The van der Waals surface area contributed by atoms with Crippen molar-refractivity contribution in [1.29, 1.82) is 0 Å². The number of aromatic nitrogens is 2. The molecule has 0 radical (unpaired) electrons. The normalized spacial score (nSPS) is 12.1. The number of hydrogen-bond donors (Lipinski definition) is 2. The molecule has 0 fully saturated rings. The first-order valence-electron chi connectivity index (χ1n) is 11.0. The highest BCUT2D eigenvalue weighted by molar-refractivity contribution is 7.90. The Balaban J connectivity index is 1.71. The van der Waals surface area contributed by atoms with Crippen LogP contribution in [0.2, 0.25) is 0 Å². The molecule has 0 aliphatic heterocycles. The van der Waals surface area contributed by atoms with E-state index in [4.69, 9.17) is 0 Å². The van der Waals surface area contributed by atoms with Crippen molar-refractivity contribution >= 4 is 16.1 Å². The van der Waals surface area contributed by atoms with Gasteiger partial charge in [0.05, 0.1) is 22.8 Å². The lowest BCUT2D eigenvalue weighted by Crippen LogP contribution is -2.42. The van der Waals surface area contributed by atoms with Crippen LogP contribution in [0.5, 0.6) is 0 Å². The third-order valence-corrected chi connectivity index (χ3v) is 6.95. The number of hydrogen-bond acceptors (Lipinski definition) is 5. The highest BCUT2D eigenvalue weighted by Gasteiger charge is 2.25. The summed E-state index contributed by atoms with van der Waals surface area (Å²) in [6, 6.07) is 11.3. The van der Waals surface area contributed by atoms with Crippen LogP contribution in [0.4, 0.5) is 18.0 Å². The molecule has 0 saturated heterocycles. The lowest BCUT2D eigenvalue weighted by molar-refractivity contribution is 0.242. The molecule has 1 unspecified atom stereocenters. The highest BCUT2D eigenvalue weighted by Crippen LogP contribution is 2.29. The number of benzene rings is 2. The van der Waals surface area contributed by atoms with E-state index in [1.54, 1.807) is 31.2 Å². The van der Waals surface area contributed by atoms with Gasteiger partial charge in [0.2, 0.25) is 0 Å². The van der Waals surface area contributed by atoms with Crippen molar-refractivity contribution in [2.45, 2.75) is 24.3 Å². The molecule has 11 heteroatoms. The molecule has 0 aliphatic carbocycles. The molecule has 2 N–H and O–H groups in total. The lowest BCUT2D eigenvalue weighted by atomic mass is 9.96. The number of amides is 2. The number of urea groups is 1. The van der Waals surface area contributed by atoms with Crippen molar-refractivity contribution in [2.24, 2.45) is 0 Å². The summed E-state index contributed by atoms with van der Waals surface area (Å²) in [5, 5.41) is 2.54. The third kappa shape index (κ3) is 6.31. The summed E-state index contributed by atoms with van der Waals surface area (Å²) >= 11 is 0. The average molecular weight is 527 g/mol. The molecule has 190 valence electrons. The van der Waals surface area contributed by atoms with Crippen molar-refractivity contribution in [2.75, 3.05) is 0 Å². The quantitative estimate of drug-likeness (QED) is 0.359. The van der Waals surface area contributed by atoms with Gasteiger partial charge in [0.1, 0.15) is 17.5 Å². The molecule has 0 spiro atoms. The second kappa shape index (κ2) is 10.8. The molecular weight excluding hydrogens is 505 g/mol. The van der Waals surface area contributed by atoms with E-state index in [1.807, 2.05) is 4.72 Å². The van der Waals surface area contributed by atoms with E-state index >= 15 is 0 Å². The number of aryl methyl sites for hydroxylation is 1. The van der Waals surface area contributed by atoms with Gasteiger partial charge in [-0.25, -0.2) is 31.1 Å².